The van der Waals surface area contributed by atoms with Crippen molar-refractivity contribution in [3.8, 4) is 0 Å². The lowest BCUT2D eigenvalue weighted by Gasteiger charge is -2.18. The molecule has 8 heteroatoms. The van der Waals surface area contributed by atoms with Gasteiger partial charge in [0.15, 0.2) is 10.3 Å². The number of carbonyl (C=O) groups excluding carboxylic acids is 1. The smallest absolute Gasteiger partial charge is 0.262 e. The van der Waals surface area contributed by atoms with Crippen molar-refractivity contribution in [2.75, 3.05) is 11.4 Å². The highest BCUT2D eigenvalue weighted by Gasteiger charge is 2.23. The van der Waals surface area contributed by atoms with E-state index in [1.165, 1.54) is 11.3 Å². The van der Waals surface area contributed by atoms with Gasteiger partial charge in [-0.15, -0.1) is 11.3 Å². The van der Waals surface area contributed by atoms with Gasteiger partial charge >= 0.3 is 0 Å². The summed E-state index contributed by atoms with van der Waals surface area (Å²) < 4.78 is 1.90. The molecule has 1 amide bonds. The fourth-order valence-electron chi connectivity index (χ4n) is 3.83. The molecule has 0 aliphatic heterocycles. The molecular weight excluding hydrogens is 404 g/mol. The summed E-state index contributed by atoms with van der Waals surface area (Å²) in [5.74, 6) is 0.607. The molecule has 2 heterocycles. The van der Waals surface area contributed by atoms with Crippen molar-refractivity contribution < 1.29 is 4.79 Å². The summed E-state index contributed by atoms with van der Waals surface area (Å²) in [4.78, 5) is 36.1. The van der Waals surface area contributed by atoms with Crippen LogP contribution >= 0.6 is 23.1 Å². The fourth-order valence-corrected chi connectivity index (χ4v) is 5.83. The van der Waals surface area contributed by atoms with Crippen LogP contribution in [0, 0.1) is 0 Å². The van der Waals surface area contributed by atoms with E-state index in [4.69, 9.17) is 4.98 Å². The van der Waals surface area contributed by atoms with E-state index in [9.17, 15) is 9.59 Å². The Bertz CT molecular complexity index is 1090. The standard InChI is InChI=1S/C21H24N4O2S2/c1-3-24(14(2)26)20-22-15(12-28-20)13-29-21-23-18-11-7-6-10-17(18)19(27)25(21)16-8-4-5-9-16/h6-7,10-12,16H,3-5,8-9,13H2,1-2H3. The second-order valence-corrected chi connectivity index (χ2v) is 8.98. The highest BCUT2D eigenvalue weighted by atomic mass is 32.2. The van der Waals surface area contributed by atoms with Gasteiger partial charge in [0.25, 0.3) is 5.56 Å². The highest BCUT2D eigenvalue weighted by molar-refractivity contribution is 7.98. The Labute approximate surface area is 178 Å². The van der Waals surface area contributed by atoms with Gasteiger partial charge in [0.2, 0.25) is 5.91 Å². The van der Waals surface area contributed by atoms with Crippen LogP contribution in [-0.2, 0) is 10.5 Å². The number of para-hydroxylation sites is 1. The molecule has 0 atom stereocenters. The van der Waals surface area contributed by atoms with Crippen LogP contribution in [0.15, 0.2) is 39.6 Å². The second-order valence-electron chi connectivity index (χ2n) is 7.20. The number of thiazole rings is 1. The molecule has 1 aliphatic rings. The van der Waals surface area contributed by atoms with Crippen molar-refractivity contribution in [3.63, 3.8) is 0 Å². The van der Waals surface area contributed by atoms with E-state index in [2.05, 4.69) is 4.98 Å². The molecule has 6 nitrogen and oxygen atoms in total. The van der Waals surface area contributed by atoms with Gasteiger partial charge in [-0.25, -0.2) is 9.97 Å². The lowest BCUT2D eigenvalue weighted by atomic mass is 10.2. The first-order valence-corrected chi connectivity index (χ1v) is 11.8. The van der Waals surface area contributed by atoms with E-state index >= 15 is 0 Å². The van der Waals surface area contributed by atoms with Crippen molar-refractivity contribution in [2.45, 2.75) is 56.5 Å². The third kappa shape index (κ3) is 4.09. The minimum absolute atomic E-state index is 0.00711. The number of fused-ring (bicyclic) bond motifs is 1. The summed E-state index contributed by atoms with van der Waals surface area (Å²) >= 11 is 3.02. The monoisotopic (exact) mass is 428 g/mol. The van der Waals surface area contributed by atoms with Gasteiger partial charge in [-0.3, -0.25) is 19.1 Å². The van der Waals surface area contributed by atoms with Crippen molar-refractivity contribution in [1.29, 1.82) is 0 Å². The molecule has 29 heavy (non-hydrogen) atoms. The molecule has 0 bridgehead atoms. The van der Waals surface area contributed by atoms with E-state index in [0.717, 1.165) is 47.2 Å². The summed E-state index contributed by atoms with van der Waals surface area (Å²) in [5, 5.41) is 4.14. The van der Waals surface area contributed by atoms with Gasteiger partial charge in [-0.05, 0) is 31.9 Å². The Morgan fingerprint density at radius 1 is 1.28 bits per heavy atom. The predicted molar refractivity (Wildman–Crippen MR) is 119 cm³/mol. The number of benzene rings is 1. The van der Waals surface area contributed by atoms with Gasteiger partial charge in [0.1, 0.15) is 0 Å². The minimum Gasteiger partial charge on any atom is -0.289 e. The molecule has 2 aromatic heterocycles. The SMILES string of the molecule is CCN(C(C)=O)c1nc(CSc2nc3ccccc3c(=O)n2C2CCCC2)cs1. The van der Waals surface area contributed by atoms with Crippen molar-refractivity contribution >= 4 is 45.0 Å². The molecule has 3 aromatic rings. The van der Waals surface area contributed by atoms with Crippen LogP contribution < -0.4 is 10.5 Å². The Balaban J connectivity index is 1.64. The molecular formula is C21H24N4O2S2. The molecule has 4 rings (SSSR count). The van der Waals surface area contributed by atoms with Crippen LogP contribution in [0.5, 0.6) is 0 Å². The number of rotatable bonds is 6. The average Bonchev–Trinajstić information content (AvgIpc) is 3.39. The van der Waals surface area contributed by atoms with Gasteiger partial charge in [-0.2, -0.15) is 0 Å². The van der Waals surface area contributed by atoms with Gasteiger partial charge < -0.3 is 0 Å². The summed E-state index contributed by atoms with van der Waals surface area (Å²) in [7, 11) is 0. The van der Waals surface area contributed by atoms with Crippen LogP contribution in [0.4, 0.5) is 5.13 Å². The van der Waals surface area contributed by atoms with Gasteiger partial charge in [-0.1, -0.05) is 36.7 Å². The number of aromatic nitrogens is 3. The molecule has 1 aliphatic carbocycles. The number of thioether (sulfide) groups is 1. The number of anilines is 1. The largest absolute Gasteiger partial charge is 0.289 e. The first-order valence-electron chi connectivity index (χ1n) is 9.95. The average molecular weight is 429 g/mol. The molecule has 0 unspecified atom stereocenters. The summed E-state index contributed by atoms with van der Waals surface area (Å²) in [6.07, 6.45) is 4.36. The molecule has 152 valence electrons. The lowest BCUT2D eigenvalue weighted by molar-refractivity contribution is -0.116. The van der Waals surface area contributed by atoms with Crippen LogP contribution in [0.1, 0.15) is 51.3 Å². The maximum atomic E-state index is 13.2. The van der Waals surface area contributed by atoms with Crippen LogP contribution in [0.2, 0.25) is 0 Å². The molecule has 0 spiro atoms. The number of carbonyl (C=O) groups is 1. The Kier molecular flexibility index (Phi) is 6.01. The number of hydrogen-bond donors (Lipinski definition) is 0. The fraction of sp³-hybridized carbons (Fsp3) is 0.429. The Morgan fingerprint density at radius 3 is 2.76 bits per heavy atom. The molecule has 0 saturated heterocycles. The van der Waals surface area contributed by atoms with E-state index in [-0.39, 0.29) is 17.5 Å². The minimum atomic E-state index is -0.00711. The van der Waals surface area contributed by atoms with E-state index in [1.807, 2.05) is 41.1 Å². The molecule has 1 fully saturated rings. The normalized spacial score (nSPS) is 14.6. The molecule has 1 saturated carbocycles. The zero-order valence-corrected chi connectivity index (χ0v) is 18.3. The summed E-state index contributed by atoms with van der Waals surface area (Å²) in [6, 6.07) is 7.78. The summed E-state index contributed by atoms with van der Waals surface area (Å²) in [5.41, 5.74) is 1.69. The van der Waals surface area contributed by atoms with Crippen LogP contribution in [-0.4, -0.2) is 27.0 Å². The first kappa shape index (κ1) is 20.1. The van der Waals surface area contributed by atoms with Crippen LogP contribution in [0.3, 0.4) is 0 Å². The number of amides is 1. The van der Waals surface area contributed by atoms with Crippen molar-refractivity contribution in [2.24, 2.45) is 0 Å². The predicted octanol–water partition coefficient (Wildman–Crippen LogP) is 4.63. The second kappa shape index (κ2) is 8.67. The maximum Gasteiger partial charge on any atom is 0.262 e. The quantitative estimate of drug-likeness (QED) is 0.423. The topological polar surface area (TPSA) is 68.1 Å². The first-order chi connectivity index (χ1) is 14.1. The lowest BCUT2D eigenvalue weighted by Crippen LogP contribution is -2.27. The van der Waals surface area contributed by atoms with Crippen molar-refractivity contribution in [3.05, 3.63) is 45.7 Å². The zero-order chi connectivity index (χ0) is 20.4. The molecule has 0 N–H and O–H groups in total. The molecule has 0 radical (unpaired) electrons. The van der Waals surface area contributed by atoms with Gasteiger partial charge in [0.05, 0.1) is 16.6 Å². The third-order valence-corrected chi connectivity index (χ3v) is 7.18. The van der Waals surface area contributed by atoms with E-state index in [1.54, 1.807) is 23.6 Å². The van der Waals surface area contributed by atoms with Crippen molar-refractivity contribution in [1.82, 2.24) is 14.5 Å². The van der Waals surface area contributed by atoms with E-state index < -0.39 is 0 Å². The van der Waals surface area contributed by atoms with Gasteiger partial charge in [0, 0.05) is 30.6 Å². The highest BCUT2D eigenvalue weighted by Crippen LogP contribution is 2.33. The zero-order valence-electron chi connectivity index (χ0n) is 16.6. The number of nitrogens with zero attached hydrogens (tertiary/aromatic N) is 4. The molecule has 1 aromatic carbocycles. The number of hydrogen-bond acceptors (Lipinski definition) is 6. The van der Waals surface area contributed by atoms with Crippen LogP contribution in [0.25, 0.3) is 10.9 Å². The Hall–Kier alpha value is -2.19. The Morgan fingerprint density at radius 2 is 2.03 bits per heavy atom. The van der Waals surface area contributed by atoms with E-state index in [0.29, 0.717) is 17.7 Å². The summed E-state index contributed by atoms with van der Waals surface area (Å²) in [6.45, 7) is 4.10. The third-order valence-electron chi connectivity index (χ3n) is 5.28. The maximum absolute atomic E-state index is 13.2.